The lowest BCUT2D eigenvalue weighted by molar-refractivity contribution is -0.0215. The van der Waals surface area contributed by atoms with E-state index in [1.54, 1.807) is 0 Å². The van der Waals surface area contributed by atoms with Crippen LogP contribution in [0.1, 0.15) is 6.42 Å². The van der Waals surface area contributed by atoms with E-state index in [0.29, 0.717) is 12.6 Å². The fourth-order valence-corrected chi connectivity index (χ4v) is 1.01. The van der Waals surface area contributed by atoms with Crippen LogP contribution >= 0.6 is 0 Å². The van der Waals surface area contributed by atoms with E-state index >= 15 is 0 Å². The van der Waals surface area contributed by atoms with Crippen molar-refractivity contribution in [3.05, 3.63) is 0 Å². The van der Waals surface area contributed by atoms with Gasteiger partial charge in [0.2, 0.25) is 0 Å². The van der Waals surface area contributed by atoms with Crippen molar-refractivity contribution >= 4 is 0 Å². The van der Waals surface area contributed by atoms with Crippen LogP contribution in [0.15, 0.2) is 0 Å². The molecule has 1 aliphatic heterocycles. The molecular weight excluding hydrogens is 118 g/mol. The lowest BCUT2D eigenvalue weighted by atomic mass is 10.1. The molecule has 0 bridgehead atoms. The van der Waals surface area contributed by atoms with Crippen molar-refractivity contribution in [3.8, 4) is 0 Å². The number of hydrogen-bond donors (Lipinski definition) is 2. The molecule has 0 radical (unpaired) electrons. The molecule has 0 spiro atoms. The Bertz CT molecular complexity index is 87.1. The third kappa shape index (κ3) is 1.93. The normalized spacial score (nSPS) is 36.7. The zero-order chi connectivity index (χ0) is 6.69. The van der Waals surface area contributed by atoms with Gasteiger partial charge in [-0.3, -0.25) is 0 Å². The highest BCUT2D eigenvalue weighted by Crippen LogP contribution is 2.05. The topological polar surface area (TPSA) is 41.5 Å². The Labute approximate surface area is 55.0 Å². The van der Waals surface area contributed by atoms with E-state index in [0.717, 1.165) is 13.0 Å². The predicted molar refractivity (Wildman–Crippen MR) is 34.3 cm³/mol. The van der Waals surface area contributed by atoms with Gasteiger partial charge in [0.15, 0.2) is 0 Å². The largest absolute Gasteiger partial charge is 0.391 e. The molecule has 0 aromatic rings. The summed E-state index contributed by atoms with van der Waals surface area (Å²) in [5, 5.41) is 12.1. The number of aliphatic hydroxyl groups is 1. The Kier molecular flexibility index (Phi) is 2.45. The fourth-order valence-electron chi connectivity index (χ4n) is 1.01. The minimum Gasteiger partial charge on any atom is -0.391 e. The SMILES string of the molecule is CN[C@@H]1COC[C@@H](O)C1. The molecule has 2 N–H and O–H groups in total. The van der Waals surface area contributed by atoms with E-state index in [1.807, 2.05) is 7.05 Å². The van der Waals surface area contributed by atoms with Crippen molar-refractivity contribution in [3.63, 3.8) is 0 Å². The summed E-state index contributed by atoms with van der Waals surface area (Å²) in [6.07, 6.45) is 0.549. The van der Waals surface area contributed by atoms with Crippen molar-refractivity contribution < 1.29 is 9.84 Å². The Balaban J connectivity index is 2.23. The van der Waals surface area contributed by atoms with Crippen molar-refractivity contribution in [1.82, 2.24) is 5.32 Å². The zero-order valence-electron chi connectivity index (χ0n) is 5.63. The lowest BCUT2D eigenvalue weighted by Crippen LogP contribution is -2.40. The minimum atomic E-state index is -0.267. The average Bonchev–Trinajstić information content (AvgIpc) is 1.88. The molecule has 1 saturated heterocycles. The Hall–Kier alpha value is -0.120. The van der Waals surface area contributed by atoms with E-state index in [-0.39, 0.29) is 6.10 Å². The average molecular weight is 131 g/mol. The van der Waals surface area contributed by atoms with Crippen LogP contribution in [0.25, 0.3) is 0 Å². The third-order valence-electron chi connectivity index (χ3n) is 1.59. The third-order valence-corrected chi connectivity index (χ3v) is 1.59. The molecule has 3 heteroatoms. The van der Waals surface area contributed by atoms with E-state index in [2.05, 4.69) is 5.32 Å². The van der Waals surface area contributed by atoms with Crippen LogP contribution < -0.4 is 5.32 Å². The number of aliphatic hydroxyl groups excluding tert-OH is 1. The first-order valence-corrected chi connectivity index (χ1v) is 3.26. The number of hydrogen-bond acceptors (Lipinski definition) is 3. The number of ether oxygens (including phenoxy) is 1. The summed E-state index contributed by atoms with van der Waals surface area (Å²) in [5.74, 6) is 0. The number of rotatable bonds is 1. The van der Waals surface area contributed by atoms with Crippen LogP contribution in [0.2, 0.25) is 0 Å². The van der Waals surface area contributed by atoms with Crippen LogP contribution in [0.5, 0.6) is 0 Å². The van der Waals surface area contributed by atoms with Crippen LogP contribution in [0, 0.1) is 0 Å². The maximum absolute atomic E-state index is 9.05. The number of nitrogens with one attached hydrogen (secondary N) is 1. The van der Waals surface area contributed by atoms with Gasteiger partial charge in [-0.25, -0.2) is 0 Å². The van der Waals surface area contributed by atoms with E-state index in [1.165, 1.54) is 0 Å². The van der Waals surface area contributed by atoms with Crippen molar-refractivity contribution in [1.29, 1.82) is 0 Å². The lowest BCUT2D eigenvalue weighted by Gasteiger charge is -2.25. The van der Waals surface area contributed by atoms with Crippen LogP contribution in [0.4, 0.5) is 0 Å². The number of likely N-dealkylation sites (N-methyl/N-ethyl adjacent to an activating group) is 1. The van der Waals surface area contributed by atoms with E-state index in [4.69, 9.17) is 9.84 Å². The molecule has 0 aliphatic carbocycles. The van der Waals surface area contributed by atoms with Crippen molar-refractivity contribution in [2.24, 2.45) is 0 Å². The fraction of sp³-hybridized carbons (Fsp3) is 1.00. The second-order valence-corrected chi connectivity index (χ2v) is 2.41. The standard InChI is InChI=1S/C6H13NO2/c1-7-5-2-6(8)4-9-3-5/h5-8H,2-4H2,1H3/t5-,6-/m0/s1. The summed E-state index contributed by atoms with van der Waals surface area (Å²) in [4.78, 5) is 0. The van der Waals surface area contributed by atoms with Crippen molar-refractivity contribution in [2.45, 2.75) is 18.6 Å². The molecule has 9 heavy (non-hydrogen) atoms. The van der Waals surface area contributed by atoms with Gasteiger partial charge in [0, 0.05) is 6.04 Å². The second-order valence-electron chi connectivity index (χ2n) is 2.41. The Morgan fingerprint density at radius 2 is 2.33 bits per heavy atom. The minimum absolute atomic E-state index is 0.267. The first-order chi connectivity index (χ1) is 4.33. The molecule has 0 aromatic carbocycles. The van der Waals surface area contributed by atoms with Crippen LogP contribution in [0.3, 0.4) is 0 Å². The highest BCUT2D eigenvalue weighted by atomic mass is 16.5. The highest BCUT2D eigenvalue weighted by Gasteiger charge is 2.18. The summed E-state index contributed by atoms with van der Waals surface area (Å²) < 4.78 is 5.07. The van der Waals surface area contributed by atoms with Crippen molar-refractivity contribution in [2.75, 3.05) is 20.3 Å². The first-order valence-electron chi connectivity index (χ1n) is 3.26. The van der Waals surface area contributed by atoms with Crippen LogP contribution in [-0.2, 0) is 4.74 Å². The highest BCUT2D eigenvalue weighted by molar-refractivity contribution is 4.73. The first kappa shape index (κ1) is 6.99. The summed E-state index contributed by atoms with van der Waals surface area (Å²) in [5.41, 5.74) is 0. The second kappa shape index (κ2) is 3.15. The Morgan fingerprint density at radius 3 is 2.78 bits per heavy atom. The van der Waals surface area contributed by atoms with Gasteiger partial charge in [-0.15, -0.1) is 0 Å². The molecule has 1 fully saturated rings. The monoisotopic (exact) mass is 131 g/mol. The molecule has 0 amide bonds. The summed E-state index contributed by atoms with van der Waals surface area (Å²) in [6.45, 7) is 1.23. The molecule has 1 heterocycles. The molecular formula is C6H13NO2. The van der Waals surface area contributed by atoms with Gasteiger partial charge < -0.3 is 15.2 Å². The zero-order valence-corrected chi connectivity index (χ0v) is 5.63. The van der Waals surface area contributed by atoms with Gasteiger partial charge in [-0.2, -0.15) is 0 Å². The quantitative estimate of drug-likeness (QED) is 0.497. The van der Waals surface area contributed by atoms with Crippen LogP contribution in [-0.4, -0.2) is 37.5 Å². The van der Waals surface area contributed by atoms with E-state index < -0.39 is 0 Å². The Morgan fingerprint density at radius 1 is 1.56 bits per heavy atom. The van der Waals surface area contributed by atoms with E-state index in [9.17, 15) is 0 Å². The van der Waals surface area contributed by atoms with Gasteiger partial charge in [-0.05, 0) is 13.5 Å². The molecule has 2 atom stereocenters. The predicted octanol–water partition coefficient (Wildman–Crippen LogP) is -0.644. The maximum Gasteiger partial charge on any atom is 0.0789 e. The van der Waals surface area contributed by atoms with Gasteiger partial charge >= 0.3 is 0 Å². The van der Waals surface area contributed by atoms with Gasteiger partial charge in [0.25, 0.3) is 0 Å². The maximum atomic E-state index is 9.05. The molecule has 0 unspecified atom stereocenters. The summed E-state index contributed by atoms with van der Waals surface area (Å²) >= 11 is 0. The molecule has 0 aromatic heterocycles. The molecule has 3 nitrogen and oxygen atoms in total. The van der Waals surface area contributed by atoms with Gasteiger partial charge in [-0.1, -0.05) is 0 Å². The summed E-state index contributed by atoms with van der Waals surface area (Å²) in [7, 11) is 1.88. The summed E-state index contributed by atoms with van der Waals surface area (Å²) in [6, 6.07) is 0.341. The smallest absolute Gasteiger partial charge is 0.0789 e. The molecule has 54 valence electrons. The molecule has 1 rings (SSSR count). The van der Waals surface area contributed by atoms with Gasteiger partial charge in [0.1, 0.15) is 0 Å². The molecule has 0 saturated carbocycles. The molecule has 1 aliphatic rings. The van der Waals surface area contributed by atoms with Gasteiger partial charge in [0.05, 0.1) is 19.3 Å².